The van der Waals surface area contributed by atoms with Crippen LogP contribution >= 0.6 is 0 Å². The van der Waals surface area contributed by atoms with E-state index in [2.05, 4.69) is 24.3 Å². The van der Waals surface area contributed by atoms with Crippen molar-refractivity contribution in [3.8, 4) is 16.9 Å². The number of carbonyl (C=O) groups excluding carboxylic acids is 1. The van der Waals surface area contributed by atoms with E-state index < -0.39 is 18.0 Å². The van der Waals surface area contributed by atoms with Gasteiger partial charge in [-0.15, -0.1) is 0 Å². The molecule has 1 heterocycles. The summed E-state index contributed by atoms with van der Waals surface area (Å²) >= 11 is 0. The van der Waals surface area contributed by atoms with Gasteiger partial charge in [0.15, 0.2) is 0 Å². The molecule has 3 aromatic rings. The highest BCUT2D eigenvalue weighted by molar-refractivity contribution is 5.79. The zero-order chi connectivity index (χ0) is 22.9. The van der Waals surface area contributed by atoms with Gasteiger partial charge in [0.1, 0.15) is 12.4 Å². The maximum atomic E-state index is 13.0. The fourth-order valence-corrected chi connectivity index (χ4v) is 5.10. The smallest absolute Gasteiger partial charge is 0.409 e. The van der Waals surface area contributed by atoms with Gasteiger partial charge in [0.25, 0.3) is 0 Å². The van der Waals surface area contributed by atoms with Crippen molar-refractivity contribution in [3.63, 3.8) is 0 Å². The van der Waals surface area contributed by atoms with Gasteiger partial charge in [-0.05, 0) is 39.9 Å². The fraction of sp³-hybridized carbons (Fsp3) is 0.259. The molecule has 2 unspecified atom stereocenters. The number of amides is 1. The second-order valence-electron chi connectivity index (χ2n) is 8.54. The van der Waals surface area contributed by atoms with Crippen LogP contribution in [0.4, 0.5) is 4.79 Å². The number of carbonyl (C=O) groups is 2. The third-order valence-corrected chi connectivity index (χ3v) is 6.75. The summed E-state index contributed by atoms with van der Waals surface area (Å²) in [5, 5.41) is 9.78. The largest absolute Gasteiger partial charge is 0.497 e. The van der Waals surface area contributed by atoms with Crippen molar-refractivity contribution in [1.29, 1.82) is 0 Å². The van der Waals surface area contributed by atoms with Crippen molar-refractivity contribution in [2.24, 2.45) is 5.92 Å². The highest BCUT2D eigenvalue weighted by Crippen LogP contribution is 2.44. The van der Waals surface area contributed by atoms with E-state index in [4.69, 9.17) is 9.47 Å². The Labute approximate surface area is 192 Å². The van der Waals surface area contributed by atoms with Gasteiger partial charge in [-0.2, -0.15) is 0 Å². The molecule has 3 aromatic carbocycles. The molecule has 1 saturated heterocycles. The number of hydrogen-bond donors (Lipinski definition) is 1. The number of rotatable bonds is 5. The van der Waals surface area contributed by atoms with Crippen molar-refractivity contribution in [1.82, 2.24) is 4.90 Å². The lowest BCUT2D eigenvalue weighted by Gasteiger charge is -2.19. The Hall–Kier alpha value is -3.80. The number of aliphatic carboxylic acids is 1. The van der Waals surface area contributed by atoms with E-state index in [9.17, 15) is 14.7 Å². The van der Waals surface area contributed by atoms with E-state index in [1.807, 2.05) is 48.5 Å². The zero-order valence-electron chi connectivity index (χ0n) is 18.3. The van der Waals surface area contributed by atoms with Crippen LogP contribution in [-0.2, 0) is 9.53 Å². The molecular formula is C27H25NO5. The van der Waals surface area contributed by atoms with Crippen molar-refractivity contribution in [3.05, 3.63) is 89.5 Å². The first kappa shape index (κ1) is 21.1. The van der Waals surface area contributed by atoms with Crippen molar-refractivity contribution in [2.45, 2.75) is 11.8 Å². The molecule has 1 aliphatic heterocycles. The summed E-state index contributed by atoms with van der Waals surface area (Å²) in [6.45, 7) is 0.625. The number of carboxylic acid groups (broad SMARTS) is 1. The standard InChI is InChI=1S/C27H25NO5/c1-32-18-8-6-7-17(13-18)23-14-28(15-24(23)26(29)30)27(31)33-16-25-21-11-4-2-9-19(21)20-10-3-5-12-22(20)25/h2-13,23-25H,14-16H2,1H3,(H,29,30). The molecule has 0 bridgehead atoms. The van der Waals surface area contributed by atoms with Crippen LogP contribution in [0.25, 0.3) is 11.1 Å². The number of nitrogens with zero attached hydrogens (tertiary/aromatic N) is 1. The van der Waals surface area contributed by atoms with Gasteiger partial charge >= 0.3 is 12.1 Å². The Kier molecular flexibility index (Phi) is 5.50. The quantitative estimate of drug-likeness (QED) is 0.616. The first-order valence-electron chi connectivity index (χ1n) is 11.0. The Balaban J connectivity index is 1.32. The average molecular weight is 443 g/mol. The number of methoxy groups -OCH3 is 1. The van der Waals surface area contributed by atoms with Crippen molar-refractivity contribution >= 4 is 12.1 Å². The lowest BCUT2D eigenvalue weighted by molar-refractivity contribution is -0.141. The fourth-order valence-electron chi connectivity index (χ4n) is 5.10. The molecule has 0 saturated carbocycles. The van der Waals surface area contributed by atoms with E-state index in [-0.39, 0.29) is 25.0 Å². The molecule has 0 aromatic heterocycles. The molecule has 5 rings (SSSR count). The van der Waals surface area contributed by atoms with E-state index in [0.717, 1.165) is 16.7 Å². The van der Waals surface area contributed by atoms with Crippen molar-refractivity contribution < 1.29 is 24.2 Å². The van der Waals surface area contributed by atoms with Crippen LogP contribution < -0.4 is 4.74 Å². The topological polar surface area (TPSA) is 76.1 Å². The number of benzene rings is 3. The Morgan fingerprint density at radius 3 is 2.24 bits per heavy atom. The van der Waals surface area contributed by atoms with Crippen LogP contribution in [0.15, 0.2) is 72.8 Å². The monoisotopic (exact) mass is 443 g/mol. The molecule has 33 heavy (non-hydrogen) atoms. The average Bonchev–Trinajstić information content (AvgIpc) is 3.43. The first-order valence-corrected chi connectivity index (χ1v) is 11.0. The van der Waals surface area contributed by atoms with Crippen LogP contribution in [-0.4, -0.2) is 48.9 Å². The summed E-state index contributed by atoms with van der Waals surface area (Å²) in [6.07, 6.45) is -0.478. The molecule has 1 fully saturated rings. The summed E-state index contributed by atoms with van der Waals surface area (Å²) in [7, 11) is 1.57. The second-order valence-corrected chi connectivity index (χ2v) is 8.54. The Bertz CT molecular complexity index is 1160. The SMILES string of the molecule is COc1cccc(C2CN(C(=O)OCC3c4ccccc4-c4ccccc43)CC2C(=O)O)c1. The van der Waals surface area contributed by atoms with Gasteiger partial charge in [-0.25, -0.2) is 4.79 Å². The summed E-state index contributed by atoms with van der Waals surface area (Å²) in [5.74, 6) is -1.31. The summed E-state index contributed by atoms with van der Waals surface area (Å²) in [6, 6.07) is 23.7. The van der Waals surface area contributed by atoms with Crippen molar-refractivity contribution in [2.75, 3.05) is 26.8 Å². The second kappa shape index (κ2) is 8.62. The molecule has 168 valence electrons. The van der Waals surface area contributed by atoms with Gasteiger partial charge in [0, 0.05) is 24.9 Å². The summed E-state index contributed by atoms with van der Waals surface area (Å²) in [5.41, 5.74) is 5.46. The predicted octanol–water partition coefficient (Wildman–Crippen LogP) is 4.74. The van der Waals surface area contributed by atoms with Gasteiger partial charge in [0.2, 0.25) is 0 Å². The zero-order valence-corrected chi connectivity index (χ0v) is 18.3. The Morgan fingerprint density at radius 1 is 0.939 bits per heavy atom. The van der Waals surface area contributed by atoms with Gasteiger partial charge in [0.05, 0.1) is 13.0 Å². The number of likely N-dealkylation sites (tertiary alicyclic amines) is 1. The number of carboxylic acids is 1. The van der Waals surface area contributed by atoms with Gasteiger partial charge in [-0.1, -0.05) is 60.7 Å². The highest BCUT2D eigenvalue weighted by atomic mass is 16.6. The minimum absolute atomic E-state index is 0.0339. The molecule has 0 radical (unpaired) electrons. The van der Waals surface area contributed by atoms with Crippen LogP contribution in [0.5, 0.6) is 5.75 Å². The number of ether oxygens (including phenoxy) is 2. The predicted molar refractivity (Wildman–Crippen MR) is 124 cm³/mol. The van der Waals surface area contributed by atoms with E-state index in [1.165, 1.54) is 16.0 Å². The third kappa shape index (κ3) is 3.82. The normalized spacial score (nSPS) is 19.1. The molecule has 0 spiro atoms. The molecule has 1 aliphatic carbocycles. The van der Waals surface area contributed by atoms with Crippen LogP contribution in [0.3, 0.4) is 0 Å². The molecular weight excluding hydrogens is 418 g/mol. The first-order chi connectivity index (χ1) is 16.1. The van der Waals surface area contributed by atoms with Crippen LogP contribution in [0.2, 0.25) is 0 Å². The molecule has 2 aliphatic rings. The minimum Gasteiger partial charge on any atom is -0.497 e. The van der Waals surface area contributed by atoms with E-state index >= 15 is 0 Å². The minimum atomic E-state index is -0.920. The molecule has 6 nitrogen and oxygen atoms in total. The number of fused-ring (bicyclic) bond motifs is 3. The van der Waals surface area contributed by atoms with E-state index in [0.29, 0.717) is 12.3 Å². The van der Waals surface area contributed by atoms with Gasteiger partial charge < -0.3 is 19.5 Å². The molecule has 2 atom stereocenters. The highest BCUT2D eigenvalue weighted by Gasteiger charge is 2.41. The summed E-state index contributed by atoms with van der Waals surface area (Å²) < 4.78 is 11.0. The molecule has 1 amide bonds. The number of hydrogen-bond acceptors (Lipinski definition) is 4. The lowest BCUT2D eigenvalue weighted by Crippen LogP contribution is -2.31. The maximum absolute atomic E-state index is 13.0. The third-order valence-electron chi connectivity index (χ3n) is 6.75. The molecule has 6 heteroatoms. The Morgan fingerprint density at radius 2 is 1.61 bits per heavy atom. The maximum Gasteiger partial charge on any atom is 0.409 e. The van der Waals surface area contributed by atoms with E-state index in [1.54, 1.807) is 7.11 Å². The van der Waals surface area contributed by atoms with Crippen LogP contribution in [0, 0.1) is 5.92 Å². The molecule has 1 N–H and O–H groups in total. The summed E-state index contributed by atoms with van der Waals surface area (Å²) in [4.78, 5) is 26.4. The lowest BCUT2D eigenvalue weighted by atomic mass is 9.89. The van der Waals surface area contributed by atoms with Crippen LogP contribution in [0.1, 0.15) is 28.5 Å². The van der Waals surface area contributed by atoms with Gasteiger partial charge in [-0.3, -0.25) is 4.79 Å².